The molecule has 0 amide bonds. The average molecular weight is 294 g/mol. The first-order valence-electron chi connectivity index (χ1n) is 4.95. The van der Waals surface area contributed by atoms with E-state index in [0.29, 0.717) is 0 Å². The van der Waals surface area contributed by atoms with Crippen molar-refractivity contribution in [3.8, 4) is 0 Å². The highest BCUT2D eigenvalue weighted by Gasteiger charge is 2.07. The SMILES string of the molecule is Cl.NCCCC[C@H](N)c1ccccc1Br. The van der Waals surface area contributed by atoms with Crippen LogP contribution in [0.2, 0.25) is 0 Å². The molecule has 0 aliphatic heterocycles. The third kappa shape index (κ3) is 4.98. The van der Waals surface area contributed by atoms with Crippen LogP contribution < -0.4 is 11.5 Å². The average Bonchev–Trinajstić information content (AvgIpc) is 2.18. The minimum Gasteiger partial charge on any atom is -0.330 e. The minimum atomic E-state index is 0. The number of hydrogen-bond acceptors (Lipinski definition) is 2. The fraction of sp³-hybridized carbons (Fsp3) is 0.455. The minimum absolute atomic E-state index is 0. The maximum absolute atomic E-state index is 6.07. The molecule has 0 saturated carbocycles. The summed E-state index contributed by atoms with van der Waals surface area (Å²) in [7, 11) is 0. The molecule has 4 N–H and O–H groups in total. The first-order chi connectivity index (χ1) is 6.75. The van der Waals surface area contributed by atoms with Gasteiger partial charge in [-0.2, -0.15) is 0 Å². The highest BCUT2D eigenvalue weighted by atomic mass is 79.9. The van der Waals surface area contributed by atoms with Gasteiger partial charge in [-0.25, -0.2) is 0 Å². The molecular weight excluding hydrogens is 275 g/mol. The summed E-state index contributed by atoms with van der Waals surface area (Å²) in [5.41, 5.74) is 12.7. The molecule has 0 spiro atoms. The molecule has 0 aliphatic carbocycles. The molecule has 0 fully saturated rings. The number of nitrogens with two attached hydrogens (primary N) is 2. The van der Waals surface area contributed by atoms with Crippen LogP contribution in [0.3, 0.4) is 0 Å². The number of benzene rings is 1. The monoisotopic (exact) mass is 292 g/mol. The Hall–Kier alpha value is -0.0900. The molecule has 0 unspecified atom stereocenters. The van der Waals surface area contributed by atoms with E-state index < -0.39 is 0 Å². The van der Waals surface area contributed by atoms with E-state index in [4.69, 9.17) is 11.5 Å². The lowest BCUT2D eigenvalue weighted by molar-refractivity contribution is 0.589. The zero-order valence-electron chi connectivity index (χ0n) is 8.66. The van der Waals surface area contributed by atoms with Crippen molar-refractivity contribution in [1.29, 1.82) is 0 Å². The van der Waals surface area contributed by atoms with Gasteiger partial charge in [-0.15, -0.1) is 12.4 Å². The van der Waals surface area contributed by atoms with E-state index in [0.717, 1.165) is 30.3 Å². The molecule has 1 atom stereocenters. The fourth-order valence-corrected chi connectivity index (χ4v) is 2.02. The van der Waals surface area contributed by atoms with Crippen LogP contribution in [0.4, 0.5) is 0 Å². The van der Waals surface area contributed by atoms with E-state index in [1.54, 1.807) is 0 Å². The highest BCUT2D eigenvalue weighted by molar-refractivity contribution is 9.10. The van der Waals surface area contributed by atoms with Crippen molar-refractivity contribution in [3.05, 3.63) is 34.3 Å². The van der Waals surface area contributed by atoms with Gasteiger partial charge in [0.2, 0.25) is 0 Å². The highest BCUT2D eigenvalue weighted by Crippen LogP contribution is 2.24. The fourth-order valence-electron chi connectivity index (χ4n) is 1.44. The van der Waals surface area contributed by atoms with Gasteiger partial charge in [-0.05, 0) is 31.0 Å². The molecule has 0 heterocycles. The second-order valence-corrected chi connectivity index (χ2v) is 4.27. The summed E-state index contributed by atoms with van der Waals surface area (Å²) in [5, 5.41) is 0. The normalized spacial score (nSPS) is 11.9. The second-order valence-electron chi connectivity index (χ2n) is 3.41. The van der Waals surface area contributed by atoms with Crippen LogP contribution >= 0.6 is 28.3 Å². The van der Waals surface area contributed by atoms with Crippen molar-refractivity contribution in [2.75, 3.05) is 6.54 Å². The number of unbranched alkanes of at least 4 members (excludes halogenated alkanes) is 1. The molecule has 0 bridgehead atoms. The van der Waals surface area contributed by atoms with Gasteiger partial charge in [0.25, 0.3) is 0 Å². The van der Waals surface area contributed by atoms with Gasteiger partial charge in [0.1, 0.15) is 0 Å². The first-order valence-corrected chi connectivity index (χ1v) is 5.75. The van der Waals surface area contributed by atoms with Crippen LogP contribution in [-0.4, -0.2) is 6.54 Å². The van der Waals surface area contributed by atoms with Gasteiger partial charge in [-0.3, -0.25) is 0 Å². The van der Waals surface area contributed by atoms with Crippen LogP contribution in [0.5, 0.6) is 0 Å². The molecule has 1 aromatic rings. The second kappa shape index (κ2) is 8.11. The molecule has 86 valence electrons. The van der Waals surface area contributed by atoms with Crippen LogP contribution in [0.1, 0.15) is 30.9 Å². The van der Waals surface area contributed by atoms with Crippen LogP contribution in [-0.2, 0) is 0 Å². The van der Waals surface area contributed by atoms with E-state index in [1.165, 1.54) is 5.56 Å². The van der Waals surface area contributed by atoms with Crippen molar-refractivity contribution in [3.63, 3.8) is 0 Å². The molecule has 4 heteroatoms. The summed E-state index contributed by atoms with van der Waals surface area (Å²) in [5.74, 6) is 0. The summed E-state index contributed by atoms with van der Waals surface area (Å²) >= 11 is 3.50. The lowest BCUT2D eigenvalue weighted by atomic mass is 10.0. The van der Waals surface area contributed by atoms with E-state index in [2.05, 4.69) is 22.0 Å². The Labute approximate surface area is 106 Å². The largest absolute Gasteiger partial charge is 0.330 e. The van der Waals surface area contributed by atoms with E-state index >= 15 is 0 Å². The third-order valence-corrected chi connectivity index (χ3v) is 3.00. The van der Waals surface area contributed by atoms with Crippen LogP contribution in [0.15, 0.2) is 28.7 Å². The zero-order chi connectivity index (χ0) is 10.4. The van der Waals surface area contributed by atoms with Crippen molar-refractivity contribution in [1.82, 2.24) is 0 Å². The Bertz CT molecular complexity index is 281. The summed E-state index contributed by atoms with van der Waals surface area (Å²) in [6.45, 7) is 0.753. The maximum Gasteiger partial charge on any atom is 0.0306 e. The number of hydrogen-bond donors (Lipinski definition) is 2. The molecule has 0 saturated heterocycles. The van der Waals surface area contributed by atoms with Gasteiger partial charge in [-0.1, -0.05) is 40.5 Å². The van der Waals surface area contributed by atoms with Gasteiger partial charge < -0.3 is 11.5 Å². The quantitative estimate of drug-likeness (QED) is 0.820. The molecular formula is C11H18BrClN2. The summed E-state index contributed by atoms with van der Waals surface area (Å²) in [6, 6.07) is 8.23. The van der Waals surface area contributed by atoms with Crippen LogP contribution in [0.25, 0.3) is 0 Å². The van der Waals surface area contributed by atoms with Crippen molar-refractivity contribution in [2.24, 2.45) is 11.5 Å². The van der Waals surface area contributed by atoms with E-state index in [-0.39, 0.29) is 18.4 Å². The third-order valence-electron chi connectivity index (χ3n) is 2.27. The Morgan fingerprint density at radius 2 is 1.87 bits per heavy atom. The molecule has 1 rings (SSSR count). The Morgan fingerprint density at radius 3 is 2.47 bits per heavy atom. The maximum atomic E-state index is 6.07. The number of rotatable bonds is 5. The van der Waals surface area contributed by atoms with Crippen molar-refractivity contribution < 1.29 is 0 Å². The molecule has 0 aliphatic rings. The standard InChI is InChI=1S/C11H17BrN2.ClH/c12-10-6-2-1-5-9(10)11(14)7-3-4-8-13;/h1-2,5-6,11H,3-4,7-8,13-14H2;1H/t11-;/m0./s1. The van der Waals surface area contributed by atoms with Crippen molar-refractivity contribution in [2.45, 2.75) is 25.3 Å². The van der Waals surface area contributed by atoms with Gasteiger partial charge in [0.15, 0.2) is 0 Å². The number of halogens is 2. The molecule has 1 aromatic carbocycles. The summed E-state index contributed by atoms with van der Waals surface area (Å²) in [6.07, 6.45) is 3.15. The zero-order valence-corrected chi connectivity index (χ0v) is 11.1. The van der Waals surface area contributed by atoms with Gasteiger partial charge in [0.05, 0.1) is 0 Å². The van der Waals surface area contributed by atoms with Gasteiger partial charge >= 0.3 is 0 Å². The predicted octanol–water partition coefficient (Wildman–Crippen LogP) is 3.00. The summed E-state index contributed by atoms with van der Waals surface area (Å²) in [4.78, 5) is 0. The topological polar surface area (TPSA) is 52.0 Å². The Balaban J connectivity index is 0.00000196. The Morgan fingerprint density at radius 1 is 1.20 bits per heavy atom. The molecule has 0 radical (unpaired) electrons. The Kier molecular flexibility index (Phi) is 8.06. The predicted molar refractivity (Wildman–Crippen MR) is 71.2 cm³/mol. The van der Waals surface area contributed by atoms with Gasteiger partial charge in [0, 0.05) is 10.5 Å². The first kappa shape index (κ1) is 14.9. The smallest absolute Gasteiger partial charge is 0.0306 e. The lowest BCUT2D eigenvalue weighted by Gasteiger charge is -2.13. The van der Waals surface area contributed by atoms with Crippen molar-refractivity contribution >= 4 is 28.3 Å². The molecule has 15 heavy (non-hydrogen) atoms. The molecule has 0 aromatic heterocycles. The van der Waals surface area contributed by atoms with E-state index in [1.807, 2.05) is 18.2 Å². The summed E-state index contributed by atoms with van der Waals surface area (Å²) < 4.78 is 1.10. The molecule has 2 nitrogen and oxygen atoms in total. The lowest BCUT2D eigenvalue weighted by Crippen LogP contribution is -2.11. The van der Waals surface area contributed by atoms with E-state index in [9.17, 15) is 0 Å². The van der Waals surface area contributed by atoms with Crippen LogP contribution in [0, 0.1) is 0 Å².